The Hall–Kier alpha value is -0.490. The van der Waals surface area contributed by atoms with Crippen LogP contribution in [0, 0.1) is 0 Å². The van der Waals surface area contributed by atoms with Gasteiger partial charge in [-0.25, -0.2) is 0 Å². The van der Waals surface area contributed by atoms with Gasteiger partial charge in [0.15, 0.2) is 0 Å². The van der Waals surface area contributed by atoms with Crippen molar-refractivity contribution in [2.45, 2.75) is 25.1 Å². The second kappa shape index (κ2) is 7.33. The van der Waals surface area contributed by atoms with Crippen molar-refractivity contribution in [3.05, 3.63) is 33.8 Å². The van der Waals surface area contributed by atoms with Gasteiger partial charge in [-0.1, -0.05) is 35.3 Å². The fourth-order valence-corrected chi connectivity index (χ4v) is 1.87. The maximum atomic E-state index is 11.8. The third-order valence-corrected chi connectivity index (χ3v) is 3.21. The van der Waals surface area contributed by atoms with Crippen molar-refractivity contribution in [1.82, 2.24) is 0 Å². The first-order chi connectivity index (χ1) is 8.79. The first kappa shape index (κ1) is 16.6. The average molecular weight is 317 g/mol. The Labute approximate surface area is 119 Å². The summed E-state index contributed by atoms with van der Waals surface area (Å²) in [6, 6.07) is 5.01. The largest absolute Gasteiger partial charge is 0.411 e. The summed E-state index contributed by atoms with van der Waals surface area (Å²) < 4.78 is 39.8. The van der Waals surface area contributed by atoms with Crippen LogP contribution in [0.15, 0.2) is 18.2 Å². The maximum absolute atomic E-state index is 11.8. The third-order valence-electron chi connectivity index (χ3n) is 2.35. The van der Waals surface area contributed by atoms with Gasteiger partial charge in [-0.05, 0) is 24.5 Å². The summed E-state index contributed by atoms with van der Waals surface area (Å²) in [7, 11) is 0. The van der Waals surface area contributed by atoms with Crippen LogP contribution in [0.4, 0.5) is 13.2 Å². The SMILES string of the molecule is OC(CCOCC(F)(F)F)Cc1cccc(Cl)c1Cl. The highest BCUT2D eigenvalue weighted by Crippen LogP contribution is 2.26. The molecule has 1 N–H and O–H groups in total. The van der Waals surface area contributed by atoms with E-state index in [4.69, 9.17) is 23.2 Å². The number of benzene rings is 1. The lowest BCUT2D eigenvalue weighted by molar-refractivity contribution is -0.175. The minimum atomic E-state index is -4.35. The predicted molar refractivity (Wildman–Crippen MR) is 67.7 cm³/mol. The number of rotatable bonds is 6. The van der Waals surface area contributed by atoms with E-state index in [1.807, 2.05) is 0 Å². The summed E-state index contributed by atoms with van der Waals surface area (Å²) in [5.41, 5.74) is 0.650. The zero-order valence-electron chi connectivity index (χ0n) is 9.88. The molecule has 1 unspecified atom stereocenters. The van der Waals surface area contributed by atoms with E-state index in [1.165, 1.54) is 0 Å². The molecule has 108 valence electrons. The smallest absolute Gasteiger partial charge is 0.393 e. The van der Waals surface area contributed by atoms with Crippen LogP contribution in [0.3, 0.4) is 0 Å². The minimum Gasteiger partial charge on any atom is -0.393 e. The third kappa shape index (κ3) is 6.47. The molecule has 2 nitrogen and oxygen atoms in total. The van der Waals surface area contributed by atoms with Gasteiger partial charge in [0.1, 0.15) is 6.61 Å². The van der Waals surface area contributed by atoms with Crippen LogP contribution in [0.1, 0.15) is 12.0 Å². The lowest BCUT2D eigenvalue weighted by Crippen LogP contribution is -2.20. The molecule has 0 spiro atoms. The maximum Gasteiger partial charge on any atom is 0.411 e. The van der Waals surface area contributed by atoms with E-state index in [2.05, 4.69) is 4.74 Å². The van der Waals surface area contributed by atoms with Gasteiger partial charge >= 0.3 is 6.18 Å². The second-order valence-corrected chi connectivity index (χ2v) is 4.81. The van der Waals surface area contributed by atoms with Gasteiger partial charge in [-0.15, -0.1) is 0 Å². The number of alkyl halides is 3. The van der Waals surface area contributed by atoms with Crippen LogP contribution in [0.25, 0.3) is 0 Å². The Morgan fingerprint density at radius 3 is 2.58 bits per heavy atom. The number of aliphatic hydroxyl groups excluding tert-OH is 1. The minimum absolute atomic E-state index is 0.0962. The van der Waals surface area contributed by atoms with Gasteiger partial charge in [0.25, 0.3) is 0 Å². The van der Waals surface area contributed by atoms with Crippen LogP contribution in [0.5, 0.6) is 0 Å². The van der Waals surface area contributed by atoms with Crippen molar-refractivity contribution in [1.29, 1.82) is 0 Å². The van der Waals surface area contributed by atoms with Crippen LogP contribution in [0.2, 0.25) is 10.0 Å². The fourth-order valence-electron chi connectivity index (χ4n) is 1.47. The number of ether oxygens (including phenoxy) is 1. The number of halogens is 5. The van der Waals surface area contributed by atoms with Gasteiger partial charge in [-0.2, -0.15) is 13.2 Å². The fraction of sp³-hybridized carbons (Fsp3) is 0.500. The molecule has 0 aliphatic heterocycles. The highest BCUT2D eigenvalue weighted by atomic mass is 35.5. The first-order valence-corrected chi connectivity index (χ1v) is 6.30. The first-order valence-electron chi connectivity index (χ1n) is 5.55. The molecule has 19 heavy (non-hydrogen) atoms. The number of hydrogen-bond acceptors (Lipinski definition) is 2. The van der Waals surface area contributed by atoms with Crippen LogP contribution < -0.4 is 0 Å². The summed E-state index contributed by atoms with van der Waals surface area (Å²) >= 11 is 11.7. The summed E-state index contributed by atoms with van der Waals surface area (Å²) in [5, 5.41) is 10.4. The summed E-state index contributed by atoms with van der Waals surface area (Å²) in [5.74, 6) is 0. The zero-order chi connectivity index (χ0) is 14.5. The zero-order valence-corrected chi connectivity index (χ0v) is 11.4. The van der Waals surface area contributed by atoms with Crippen molar-refractivity contribution < 1.29 is 23.0 Å². The van der Waals surface area contributed by atoms with Crippen LogP contribution in [-0.2, 0) is 11.2 Å². The molecule has 0 saturated carbocycles. The molecular formula is C12H13Cl2F3O2. The Kier molecular flexibility index (Phi) is 6.39. The van der Waals surface area contributed by atoms with E-state index in [0.29, 0.717) is 15.6 Å². The lowest BCUT2D eigenvalue weighted by Gasteiger charge is -2.13. The molecular weight excluding hydrogens is 304 g/mol. The molecule has 1 rings (SSSR count). The monoisotopic (exact) mass is 316 g/mol. The summed E-state index contributed by atoms with van der Waals surface area (Å²) in [6.07, 6.45) is -4.86. The van der Waals surface area contributed by atoms with Crippen molar-refractivity contribution in [2.75, 3.05) is 13.2 Å². The molecule has 0 amide bonds. The molecule has 0 saturated heterocycles. The van der Waals surface area contributed by atoms with Crippen molar-refractivity contribution >= 4 is 23.2 Å². The summed E-state index contributed by atoms with van der Waals surface area (Å²) in [6.45, 7) is -1.48. The molecule has 7 heteroatoms. The molecule has 1 aromatic rings. The normalized spacial score (nSPS) is 13.6. The average Bonchev–Trinajstić information content (AvgIpc) is 2.29. The van der Waals surface area contributed by atoms with Gasteiger partial charge in [-0.3, -0.25) is 0 Å². The standard InChI is InChI=1S/C12H13Cl2F3O2/c13-10-3-1-2-8(11(10)14)6-9(18)4-5-19-7-12(15,16)17/h1-3,9,18H,4-7H2. The van der Waals surface area contributed by atoms with E-state index in [-0.39, 0.29) is 19.4 Å². The molecule has 0 aliphatic carbocycles. The highest BCUT2D eigenvalue weighted by Gasteiger charge is 2.27. The molecule has 0 bridgehead atoms. The van der Waals surface area contributed by atoms with Crippen LogP contribution in [-0.4, -0.2) is 30.6 Å². The van der Waals surface area contributed by atoms with E-state index < -0.39 is 18.9 Å². The second-order valence-electron chi connectivity index (χ2n) is 4.03. The van der Waals surface area contributed by atoms with Crippen LogP contribution >= 0.6 is 23.2 Å². The van der Waals surface area contributed by atoms with Crippen molar-refractivity contribution in [3.8, 4) is 0 Å². The molecule has 0 aliphatic rings. The highest BCUT2D eigenvalue weighted by molar-refractivity contribution is 6.42. The van der Waals surface area contributed by atoms with Gasteiger partial charge in [0, 0.05) is 6.61 Å². The molecule has 0 radical (unpaired) electrons. The predicted octanol–water partition coefficient (Wildman–Crippen LogP) is 3.87. The van der Waals surface area contributed by atoms with Gasteiger partial charge < -0.3 is 9.84 Å². The van der Waals surface area contributed by atoms with E-state index in [9.17, 15) is 18.3 Å². The Balaban J connectivity index is 2.35. The van der Waals surface area contributed by atoms with E-state index in [0.717, 1.165) is 0 Å². The van der Waals surface area contributed by atoms with E-state index >= 15 is 0 Å². The Bertz CT molecular complexity index is 410. The topological polar surface area (TPSA) is 29.5 Å². The molecule has 0 fully saturated rings. The lowest BCUT2D eigenvalue weighted by atomic mass is 10.1. The van der Waals surface area contributed by atoms with Crippen molar-refractivity contribution in [2.24, 2.45) is 0 Å². The van der Waals surface area contributed by atoms with E-state index in [1.54, 1.807) is 18.2 Å². The van der Waals surface area contributed by atoms with Crippen molar-refractivity contribution in [3.63, 3.8) is 0 Å². The Morgan fingerprint density at radius 1 is 1.26 bits per heavy atom. The molecule has 0 aromatic heterocycles. The number of hydrogen-bond donors (Lipinski definition) is 1. The quantitative estimate of drug-likeness (QED) is 0.807. The summed E-state index contributed by atoms with van der Waals surface area (Å²) in [4.78, 5) is 0. The molecule has 0 heterocycles. The molecule has 1 aromatic carbocycles. The Morgan fingerprint density at radius 2 is 1.95 bits per heavy atom. The number of aliphatic hydroxyl groups is 1. The molecule has 1 atom stereocenters. The van der Waals surface area contributed by atoms with Gasteiger partial charge in [0.05, 0.1) is 16.1 Å². The van der Waals surface area contributed by atoms with Gasteiger partial charge in [0.2, 0.25) is 0 Å².